The van der Waals surface area contributed by atoms with Gasteiger partial charge in [0.2, 0.25) is 0 Å². The Morgan fingerprint density at radius 1 is 1.24 bits per heavy atom. The number of piperidine rings is 1. The molecule has 0 spiro atoms. The van der Waals surface area contributed by atoms with Gasteiger partial charge in [0.25, 0.3) is 5.56 Å². The van der Waals surface area contributed by atoms with E-state index in [-0.39, 0.29) is 5.56 Å². The zero-order valence-corrected chi connectivity index (χ0v) is 14.1. The number of benzene rings is 1. The molecule has 0 atom stereocenters. The smallest absolute Gasteiger partial charge is 0.274 e. The van der Waals surface area contributed by atoms with E-state index in [2.05, 4.69) is 28.1 Å². The number of likely N-dealkylation sites (tertiary alicyclic amines) is 1. The number of nitrogens with zero attached hydrogens (tertiary/aromatic N) is 4. The molecule has 25 heavy (non-hydrogen) atoms. The van der Waals surface area contributed by atoms with Crippen molar-refractivity contribution in [2.45, 2.75) is 18.8 Å². The van der Waals surface area contributed by atoms with Crippen molar-refractivity contribution >= 4 is 5.52 Å². The number of hydrogen-bond acceptors (Lipinski definition) is 4. The van der Waals surface area contributed by atoms with Gasteiger partial charge in [-0.05, 0) is 50.7 Å². The number of H-pyrrole nitrogens is 1. The fourth-order valence-electron chi connectivity index (χ4n) is 3.50. The number of hydrogen-bond donors (Lipinski definition) is 1. The quantitative estimate of drug-likeness (QED) is 0.781. The van der Waals surface area contributed by atoms with Crippen LogP contribution in [0, 0.1) is 11.3 Å². The third-order valence-corrected chi connectivity index (χ3v) is 5.01. The van der Waals surface area contributed by atoms with Crippen molar-refractivity contribution in [2.75, 3.05) is 20.1 Å². The molecule has 1 fully saturated rings. The van der Waals surface area contributed by atoms with Gasteiger partial charge >= 0.3 is 0 Å². The van der Waals surface area contributed by atoms with E-state index >= 15 is 0 Å². The van der Waals surface area contributed by atoms with Crippen LogP contribution < -0.4 is 5.56 Å². The highest BCUT2D eigenvalue weighted by Gasteiger charge is 2.21. The van der Waals surface area contributed by atoms with Crippen LogP contribution in [-0.2, 0) is 0 Å². The van der Waals surface area contributed by atoms with Crippen LogP contribution in [-0.4, -0.2) is 39.6 Å². The van der Waals surface area contributed by atoms with Gasteiger partial charge in [-0.25, -0.2) is 4.52 Å². The van der Waals surface area contributed by atoms with Crippen LogP contribution in [0.1, 0.15) is 30.0 Å². The molecule has 1 aliphatic rings. The fourth-order valence-corrected chi connectivity index (χ4v) is 3.50. The van der Waals surface area contributed by atoms with Gasteiger partial charge in [-0.3, -0.25) is 4.79 Å². The summed E-state index contributed by atoms with van der Waals surface area (Å²) < 4.78 is 1.68. The van der Waals surface area contributed by atoms with Crippen LogP contribution in [0.5, 0.6) is 0 Å². The Bertz CT molecular complexity index is 1000. The molecule has 0 unspecified atom stereocenters. The van der Waals surface area contributed by atoms with Crippen molar-refractivity contribution in [3.05, 3.63) is 58.3 Å². The predicted octanol–water partition coefficient (Wildman–Crippen LogP) is 2.37. The summed E-state index contributed by atoms with van der Waals surface area (Å²) in [6.45, 7) is 2.08. The number of nitrogens with one attached hydrogen (secondary N) is 1. The topological polar surface area (TPSA) is 77.2 Å². The summed E-state index contributed by atoms with van der Waals surface area (Å²) in [7, 11) is 2.12. The lowest BCUT2D eigenvalue weighted by Gasteiger charge is -2.28. The molecule has 6 heteroatoms. The molecule has 1 aromatic carbocycles. The Hall–Kier alpha value is -2.91. The summed E-state index contributed by atoms with van der Waals surface area (Å²) in [5.74, 6) is 0.371. The summed E-state index contributed by atoms with van der Waals surface area (Å²) in [5.41, 5.74) is 3.64. The molecule has 2 aromatic heterocycles. The SMILES string of the molecule is CN1CCC(c2cn3ncc(-c4ccc(C#N)cc4)c3c(=O)[nH]2)CC1. The van der Waals surface area contributed by atoms with E-state index in [0.29, 0.717) is 17.0 Å². The van der Waals surface area contributed by atoms with E-state index < -0.39 is 0 Å². The molecular formula is C19H19N5O. The van der Waals surface area contributed by atoms with Gasteiger partial charge < -0.3 is 9.88 Å². The minimum Gasteiger partial charge on any atom is -0.323 e. The Morgan fingerprint density at radius 2 is 1.96 bits per heavy atom. The molecule has 0 bridgehead atoms. The lowest BCUT2D eigenvalue weighted by atomic mass is 9.94. The van der Waals surface area contributed by atoms with Gasteiger partial charge in [0.1, 0.15) is 5.52 Å². The van der Waals surface area contributed by atoms with E-state index in [1.807, 2.05) is 18.3 Å². The second-order valence-electron chi connectivity index (χ2n) is 6.66. The second-order valence-corrected chi connectivity index (χ2v) is 6.66. The summed E-state index contributed by atoms with van der Waals surface area (Å²) in [6, 6.07) is 9.30. The maximum Gasteiger partial charge on any atom is 0.274 e. The van der Waals surface area contributed by atoms with E-state index in [4.69, 9.17) is 5.26 Å². The van der Waals surface area contributed by atoms with Gasteiger partial charge in [-0.15, -0.1) is 0 Å². The third-order valence-electron chi connectivity index (χ3n) is 5.01. The first-order valence-electron chi connectivity index (χ1n) is 8.45. The highest BCUT2D eigenvalue weighted by Crippen LogP contribution is 2.27. The molecule has 0 radical (unpaired) electrons. The van der Waals surface area contributed by atoms with Crippen LogP contribution in [0.3, 0.4) is 0 Å². The standard InChI is InChI=1S/C19H19N5O/c1-23-8-6-15(7-9-23)17-12-24-18(19(25)22-17)16(11-21-24)14-4-2-13(10-20)3-5-14/h2-5,11-12,15H,6-9H2,1H3,(H,22,25). The van der Waals surface area contributed by atoms with Crippen LogP contribution in [0.2, 0.25) is 0 Å². The first kappa shape index (κ1) is 15.6. The second kappa shape index (κ2) is 6.19. The van der Waals surface area contributed by atoms with Crippen LogP contribution >= 0.6 is 0 Å². The summed E-state index contributed by atoms with van der Waals surface area (Å²) in [4.78, 5) is 18.1. The average Bonchev–Trinajstić information content (AvgIpc) is 3.07. The number of aromatic amines is 1. The van der Waals surface area contributed by atoms with Gasteiger partial charge in [-0.1, -0.05) is 12.1 Å². The number of aromatic nitrogens is 3. The van der Waals surface area contributed by atoms with Crippen molar-refractivity contribution in [1.82, 2.24) is 19.5 Å². The molecule has 4 rings (SSSR count). The zero-order chi connectivity index (χ0) is 17.4. The predicted molar refractivity (Wildman–Crippen MR) is 95.4 cm³/mol. The lowest BCUT2D eigenvalue weighted by molar-refractivity contribution is 0.253. The average molecular weight is 333 g/mol. The van der Waals surface area contributed by atoms with Gasteiger partial charge in [0.05, 0.1) is 17.8 Å². The summed E-state index contributed by atoms with van der Waals surface area (Å²) >= 11 is 0. The molecular weight excluding hydrogens is 314 g/mol. The van der Waals surface area contributed by atoms with Gasteiger partial charge in [-0.2, -0.15) is 10.4 Å². The van der Waals surface area contributed by atoms with Crippen molar-refractivity contribution in [3.63, 3.8) is 0 Å². The largest absolute Gasteiger partial charge is 0.323 e. The first-order valence-corrected chi connectivity index (χ1v) is 8.45. The molecule has 1 N–H and O–H groups in total. The van der Waals surface area contributed by atoms with Crippen molar-refractivity contribution < 1.29 is 0 Å². The van der Waals surface area contributed by atoms with E-state index in [9.17, 15) is 4.79 Å². The third kappa shape index (κ3) is 2.83. The Labute approximate surface area is 145 Å². The van der Waals surface area contributed by atoms with E-state index in [0.717, 1.165) is 42.8 Å². The zero-order valence-electron chi connectivity index (χ0n) is 14.1. The number of nitriles is 1. The van der Waals surface area contributed by atoms with Crippen molar-refractivity contribution in [2.24, 2.45) is 0 Å². The molecule has 3 heterocycles. The maximum absolute atomic E-state index is 12.7. The lowest BCUT2D eigenvalue weighted by Crippen LogP contribution is -2.30. The van der Waals surface area contributed by atoms with Crippen molar-refractivity contribution in [1.29, 1.82) is 5.26 Å². The maximum atomic E-state index is 12.7. The number of rotatable bonds is 2. The van der Waals surface area contributed by atoms with E-state index in [1.165, 1.54) is 0 Å². The van der Waals surface area contributed by atoms with Crippen LogP contribution in [0.15, 0.2) is 41.5 Å². The minimum absolute atomic E-state index is 0.117. The molecule has 1 aliphatic heterocycles. The van der Waals surface area contributed by atoms with Gasteiger partial charge in [0.15, 0.2) is 0 Å². The highest BCUT2D eigenvalue weighted by molar-refractivity contribution is 5.79. The molecule has 0 saturated carbocycles. The Morgan fingerprint density at radius 3 is 2.64 bits per heavy atom. The Balaban J connectivity index is 1.74. The molecule has 126 valence electrons. The van der Waals surface area contributed by atoms with E-state index in [1.54, 1.807) is 22.8 Å². The van der Waals surface area contributed by atoms with Crippen molar-refractivity contribution in [3.8, 4) is 17.2 Å². The number of fused-ring (bicyclic) bond motifs is 1. The summed E-state index contributed by atoms with van der Waals surface area (Å²) in [5, 5.41) is 13.3. The highest BCUT2D eigenvalue weighted by atomic mass is 16.1. The molecule has 3 aromatic rings. The normalized spacial score (nSPS) is 16.2. The molecule has 1 saturated heterocycles. The Kier molecular flexibility index (Phi) is 3.86. The molecule has 6 nitrogen and oxygen atoms in total. The molecule has 0 amide bonds. The van der Waals surface area contributed by atoms with Crippen LogP contribution in [0.25, 0.3) is 16.6 Å². The molecule has 0 aliphatic carbocycles. The monoisotopic (exact) mass is 333 g/mol. The first-order chi connectivity index (χ1) is 12.2. The van der Waals surface area contributed by atoms with Crippen LogP contribution in [0.4, 0.5) is 0 Å². The summed E-state index contributed by atoms with van der Waals surface area (Å²) in [6.07, 6.45) is 5.74. The fraction of sp³-hybridized carbons (Fsp3) is 0.316. The van der Waals surface area contributed by atoms with Gasteiger partial charge in [0, 0.05) is 23.4 Å². The minimum atomic E-state index is -0.117.